The summed E-state index contributed by atoms with van der Waals surface area (Å²) in [7, 11) is 0. The van der Waals surface area contributed by atoms with E-state index in [1.807, 2.05) is 24.3 Å². The summed E-state index contributed by atoms with van der Waals surface area (Å²) in [6.45, 7) is 3.99. The Morgan fingerprint density at radius 1 is 1.30 bits per heavy atom. The highest BCUT2D eigenvalue weighted by Gasteiger charge is 2.41. The lowest BCUT2D eigenvalue weighted by Crippen LogP contribution is -2.26. The van der Waals surface area contributed by atoms with Gasteiger partial charge in [0.25, 0.3) is 0 Å². The van der Waals surface area contributed by atoms with Crippen LogP contribution >= 0.6 is 0 Å². The molecule has 0 aromatic heterocycles. The van der Waals surface area contributed by atoms with Gasteiger partial charge < -0.3 is 20.5 Å². The third-order valence-corrected chi connectivity index (χ3v) is 4.64. The van der Waals surface area contributed by atoms with E-state index in [0.29, 0.717) is 5.92 Å². The third kappa shape index (κ3) is 3.07. The Balaban J connectivity index is 1.37. The van der Waals surface area contributed by atoms with Gasteiger partial charge in [-0.2, -0.15) is 0 Å². The van der Waals surface area contributed by atoms with Crippen LogP contribution < -0.4 is 10.5 Å². The SMILES string of the molecule is Nc1cccc(OCCCN2CC3CCC(O)C3C2)c1. The molecular weight excluding hydrogens is 252 g/mol. The monoisotopic (exact) mass is 276 g/mol. The normalized spacial score (nSPS) is 29.6. The number of nitrogens with zero attached hydrogens (tertiary/aromatic N) is 1. The standard InChI is InChI=1S/C16H24N2O2/c17-13-3-1-4-14(9-13)20-8-2-7-18-10-12-5-6-16(19)15(12)11-18/h1,3-4,9,12,15-16,19H,2,5-8,10-11,17H2. The Morgan fingerprint density at radius 2 is 2.20 bits per heavy atom. The summed E-state index contributed by atoms with van der Waals surface area (Å²) < 4.78 is 5.71. The van der Waals surface area contributed by atoms with Gasteiger partial charge in [-0.15, -0.1) is 0 Å². The highest BCUT2D eigenvalue weighted by molar-refractivity contribution is 5.43. The van der Waals surface area contributed by atoms with Gasteiger partial charge in [0.05, 0.1) is 12.7 Å². The van der Waals surface area contributed by atoms with Crippen molar-refractivity contribution in [2.75, 3.05) is 32.0 Å². The molecule has 110 valence electrons. The molecule has 3 unspecified atom stereocenters. The molecule has 1 heterocycles. The van der Waals surface area contributed by atoms with Crippen molar-refractivity contribution in [1.82, 2.24) is 4.90 Å². The average molecular weight is 276 g/mol. The van der Waals surface area contributed by atoms with Crippen LogP contribution in [0.25, 0.3) is 0 Å². The Labute approximate surface area is 120 Å². The van der Waals surface area contributed by atoms with Crippen LogP contribution in [-0.2, 0) is 0 Å². The Kier molecular flexibility index (Phi) is 4.13. The van der Waals surface area contributed by atoms with Gasteiger partial charge in [0.2, 0.25) is 0 Å². The Hall–Kier alpha value is -1.26. The van der Waals surface area contributed by atoms with E-state index < -0.39 is 0 Å². The van der Waals surface area contributed by atoms with Crippen LogP contribution in [0.1, 0.15) is 19.3 Å². The van der Waals surface area contributed by atoms with Crippen molar-refractivity contribution in [3.63, 3.8) is 0 Å². The maximum absolute atomic E-state index is 9.90. The molecule has 1 aliphatic carbocycles. The zero-order valence-electron chi connectivity index (χ0n) is 11.9. The fraction of sp³-hybridized carbons (Fsp3) is 0.625. The second-order valence-electron chi connectivity index (χ2n) is 6.10. The van der Waals surface area contributed by atoms with Crippen LogP contribution in [0.3, 0.4) is 0 Å². The predicted octanol–water partition coefficient (Wildman–Crippen LogP) is 1.74. The fourth-order valence-corrected chi connectivity index (χ4v) is 3.59. The lowest BCUT2D eigenvalue weighted by Gasteiger charge is -2.18. The van der Waals surface area contributed by atoms with Crippen molar-refractivity contribution in [3.05, 3.63) is 24.3 Å². The van der Waals surface area contributed by atoms with Gasteiger partial charge in [-0.25, -0.2) is 0 Å². The molecule has 0 amide bonds. The first-order valence-electron chi connectivity index (χ1n) is 7.61. The number of likely N-dealkylation sites (tertiary alicyclic amines) is 1. The van der Waals surface area contributed by atoms with Gasteiger partial charge in [0, 0.05) is 37.3 Å². The van der Waals surface area contributed by atoms with Gasteiger partial charge in [0.1, 0.15) is 5.75 Å². The molecule has 3 atom stereocenters. The van der Waals surface area contributed by atoms with Crippen molar-refractivity contribution in [2.24, 2.45) is 11.8 Å². The van der Waals surface area contributed by atoms with E-state index in [0.717, 1.165) is 56.4 Å². The van der Waals surface area contributed by atoms with Gasteiger partial charge in [0.15, 0.2) is 0 Å². The van der Waals surface area contributed by atoms with E-state index in [4.69, 9.17) is 10.5 Å². The number of aliphatic hydroxyl groups excluding tert-OH is 1. The molecule has 1 aromatic carbocycles. The number of rotatable bonds is 5. The van der Waals surface area contributed by atoms with E-state index in [-0.39, 0.29) is 6.10 Å². The lowest BCUT2D eigenvalue weighted by molar-refractivity contribution is 0.123. The molecule has 2 fully saturated rings. The number of nitrogens with two attached hydrogens (primary N) is 1. The second kappa shape index (κ2) is 6.02. The summed E-state index contributed by atoms with van der Waals surface area (Å²) in [4.78, 5) is 2.47. The molecule has 0 bridgehead atoms. The number of nitrogen functional groups attached to an aromatic ring is 1. The van der Waals surface area contributed by atoms with Crippen LogP contribution in [0.2, 0.25) is 0 Å². The number of benzene rings is 1. The molecule has 2 aliphatic rings. The smallest absolute Gasteiger partial charge is 0.121 e. The summed E-state index contributed by atoms with van der Waals surface area (Å²) >= 11 is 0. The van der Waals surface area contributed by atoms with Crippen LogP contribution in [0.5, 0.6) is 5.75 Å². The Bertz CT molecular complexity index is 452. The van der Waals surface area contributed by atoms with Crippen molar-refractivity contribution < 1.29 is 9.84 Å². The molecular formula is C16H24N2O2. The average Bonchev–Trinajstić information content (AvgIpc) is 2.97. The van der Waals surface area contributed by atoms with E-state index >= 15 is 0 Å². The van der Waals surface area contributed by atoms with E-state index in [1.54, 1.807) is 0 Å². The topological polar surface area (TPSA) is 58.7 Å². The number of aliphatic hydroxyl groups is 1. The molecule has 4 nitrogen and oxygen atoms in total. The molecule has 1 saturated heterocycles. The molecule has 1 aromatic rings. The summed E-state index contributed by atoms with van der Waals surface area (Å²) in [6.07, 6.45) is 3.15. The zero-order valence-corrected chi connectivity index (χ0v) is 11.9. The highest BCUT2D eigenvalue weighted by Crippen LogP contribution is 2.37. The largest absolute Gasteiger partial charge is 0.493 e. The van der Waals surface area contributed by atoms with Gasteiger partial charge in [-0.1, -0.05) is 6.07 Å². The molecule has 0 radical (unpaired) electrons. The minimum Gasteiger partial charge on any atom is -0.493 e. The summed E-state index contributed by atoms with van der Waals surface area (Å²) in [5.41, 5.74) is 6.46. The van der Waals surface area contributed by atoms with Crippen LogP contribution in [-0.4, -0.2) is 42.4 Å². The molecule has 1 saturated carbocycles. The second-order valence-corrected chi connectivity index (χ2v) is 6.10. The number of hydrogen-bond donors (Lipinski definition) is 2. The maximum atomic E-state index is 9.90. The van der Waals surface area contributed by atoms with E-state index in [1.165, 1.54) is 6.42 Å². The molecule has 3 rings (SSSR count). The van der Waals surface area contributed by atoms with Crippen LogP contribution in [0.4, 0.5) is 5.69 Å². The van der Waals surface area contributed by atoms with E-state index in [2.05, 4.69) is 4.90 Å². The highest BCUT2D eigenvalue weighted by atomic mass is 16.5. The van der Waals surface area contributed by atoms with Gasteiger partial charge >= 0.3 is 0 Å². The number of fused-ring (bicyclic) bond motifs is 1. The maximum Gasteiger partial charge on any atom is 0.121 e. The minimum absolute atomic E-state index is 0.0615. The summed E-state index contributed by atoms with van der Waals surface area (Å²) in [6, 6.07) is 7.57. The molecule has 3 N–H and O–H groups in total. The third-order valence-electron chi connectivity index (χ3n) is 4.64. The summed E-state index contributed by atoms with van der Waals surface area (Å²) in [5, 5.41) is 9.90. The van der Waals surface area contributed by atoms with Crippen molar-refractivity contribution in [2.45, 2.75) is 25.4 Å². The van der Waals surface area contributed by atoms with E-state index in [9.17, 15) is 5.11 Å². The number of hydrogen-bond acceptors (Lipinski definition) is 4. The first kappa shape index (κ1) is 13.7. The molecule has 1 aliphatic heterocycles. The molecule has 4 heteroatoms. The Morgan fingerprint density at radius 3 is 3.00 bits per heavy atom. The fourth-order valence-electron chi connectivity index (χ4n) is 3.59. The number of ether oxygens (including phenoxy) is 1. The number of anilines is 1. The molecule has 0 spiro atoms. The first-order valence-corrected chi connectivity index (χ1v) is 7.61. The van der Waals surface area contributed by atoms with Crippen LogP contribution in [0.15, 0.2) is 24.3 Å². The first-order chi connectivity index (χ1) is 9.72. The predicted molar refractivity (Wildman–Crippen MR) is 79.6 cm³/mol. The minimum atomic E-state index is -0.0615. The quantitative estimate of drug-likeness (QED) is 0.635. The zero-order chi connectivity index (χ0) is 13.9. The van der Waals surface area contributed by atoms with Crippen LogP contribution in [0, 0.1) is 11.8 Å². The molecule has 20 heavy (non-hydrogen) atoms. The van der Waals surface area contributed by atoms with Crippen molar-refractivity contribution in [1.29, 1.82) is 0 Å². The lowest BCUT2D eigenvalue weighted by atomic mass is 10.00. The van der Waals surface area contributed by atoms with Crippen molar-refractivity contribution >= 4 is 5.69 Å². The van der Waals surface area contributed by atoms with Gasteiger partial charge in [-0.05, 0) is 37.3 Å². The van der Waals surface area contributed by atoms with Crippen molar-refractivity contribution in [3.8, 4) is 5.75 Å². The summed E-state index contributed by atoms with van der Waals surface area (Å²) in [5.74, 6) is 2.09. The van der Waals surface area contributed by atoms with Gasteiger partial charge in [-0.3, -0.25) is 0 Å².